The standard InChI is InChI=1S/C26H43N5O2/c1-26(2,3)25-28-23(20-15-22(16-20)33-4)17-24(29-25)31-13-11-30(12-14-31)10-9-19-5-7-21(8-6-19)27-18-32/h17-22H,5-16H2,1-4H3,(H,27,32). The van der Waals surface area contributed by atoms with Gasteiger partial charge in [0.1, 0.15) is 11.6 Å². The third kappa shape index (κ3) is 6.24. The SMILES string of the molecule is COC1CC(c2cc(N3CCN(CCC4CCC(NC=O)CC4)CC3)nc(C(C)(C)C)n2)C1. The van der Waals surface area contributed by atoms with Crippen LogP contribution in [0.5, 0.6) is 0 Å². The summed E-state index contributed by atoms with van der Waals surface area (Å²) in [7, 11) is 1.81. The third-order valence-corrected chi connectivity index (χ3v) is 7.95. The van der Waals surface area contributed by atoms with Gasteiger partial charge in [-0.3, -0.25) is 9.69 Å². The van der Waals surface area contributed by atoms with Crippen LogP contribution in [0.4, 0.5) is 5.82 Å². The van der Waals surface area contributed by atoms with Crippen LogP contribution in [0.15, 0.2) is 6.07 Å². The molecule has 0 bridgehead atoms. The van der Waals surface area contributed by atoms with Crippen molar-refractivity contribution in [1.82, 2.24) is 20.2 Å². The Morgan fingerprint density at radius 1 is 1.09 bits per heavy atom. The Labute approximate surface area is 199 Å². The van der Waals surface area contributed by atoms with Gasteiger partial charge in [0, 0.05) is 62.4 Å². The number of hydrogen-bond acceptors (Lipinski definition) is 6. The van der Waals surface area contributed by atoms with E-state index in [1.165, 1.54) is 31.5 Å². The number of ether oxygens (including phenoxy) is 1. The van der Waals surface area contributed by atoms with Crippen LogP contribution in [0.2, 0.25) is 0 Å². The lowest BCUT2D eigenvalue weighted by atomic mass is 9.79. The molecular weight excluding hydrogens is 414 g/mol. The molecule has 1 amide bonds. The number of piperazine rings is 1. The zero-order chi connectivity index (χ0) is 23.4. The van der Waals surface area contributed by atoms with Crippen LogP contribution in [0.3, 0.4) is 0 Å². The van der Waals surface area contributed by atoms with E-state index >= 15 is 0 Å². The zero-order valence-corrected chi connectivity index (χ0v) is 21.1. The molecule has 0 atom stereocenters. The summed E-state index contributed by atoms with van der Waals surface area (Å²) in [6.45, 7) is 12.1. The molecule has 1 saturated heterocycles. The molecule has 7 heteroatoms. The Balaban J connectivity index is 1.30. The minimum absolute atomic E-state index is 0.0583. The topological polar surface area (TPSA) is 70.6 Å². The fourth-order valence-corrected chi connectivity index (χ4v) is 5.44. The molecule has 1 aromatic rings. The summed E-state index contributed by atoms with van der Waals surface area (Å²) in [5.41, 5.74) is 1.14. The van der Waals surface area contributed by atoms with Crippen molar-refractivity contribution in [2.45, 2.75) is 89.2 Å². The molecule has 4 rings (SSSR count). The number of carbonyl (C=O) groups is 1. The molecule has 2 saturated carbocycles. The summed E-state index contributed by atoms with van der Waals surface area (Å²) < 4.78 is 5.50. The van der Waals surface area contributed by atoms with E-state index in [1.54, 1.807) is 0 Å². The van der Waals surface area contributed by atoms with Crippen LogP contribution in [0.25, 0.3) is 0 Å². The second-order valence-electron chi connectivity index (χ2n) is 11.4. The molecule has 184 valence electrons. The summed E-state index contributed by atoms with van der Waals surface area (Å²) in [4.78, 5) is 25.7. The van der Waals surface area contributed by atoms with Crippen LogP contribution in [0.1, 0.15) is 83.2 Å². The molecule has 0 radical (unpaired) electrons. The molecule has 1 N–H and O–H groups in total. The van der Waals surface area contributed by atoms with E-state index < -0.39 is 0 Å². The van der Waals surface area contributed by atoms with Crippen LogP contribution >= 0.6 is 0 Å². The number of nitrogens with one attached hydrogen (secondary N) is 1. The lowest BCUT2D eigenvalue weighted by Gasteiger charge is -2.38. The largest absolute Gasteiger partial charge is 0.381 e. The van der Waals surface area contributed by atoms with Gasteiger partial charge in [0.2, 0.25) is 6.41 Å². The maximum absolute atomic E-state index is 10.6. The Morgan fingerprint density at radius 3 is 2.39 bits per heavy atom. The van der Waals surface area contributed by atoms with Crippen molar-refractivity contribution in [2.24, 2.45) is 5.92 Å². The summed E-state index contributed by atoms with van der Waals surface area (Å²) in [5, 5.41) is 2.95. The first-order valence-electron chi connectivity index (χ1n) is 12.9. The first-order valence-corrected chi connectivity index (χ1v) is 12.9. The lowest BCUT2D eigenvalue weighted by molar-refractivity contribution is -0.110. The molecule has 2 aliphatic carbocycles. The van der Waals surface area contributed by atoms with Gasteiger partial charge in [-0.15, -0.1) is 0 Å². The third-order valence-electron chi connectivity index (χ3n) is 7.95. The second kappa shape index (κ2) is 10.7. The van der Waals surface area contributed by atoms with Crippen LogP contribution in [-0.2, 0) is 14.9 Å². The van der Waals surface area contributed by atoms with Gasteiger partial charge < -0.3 is 15.0 Å². The normalized spacial score (nSPS) is 28.9. The maximum Gasteiger partial charge on any atom is 0.207 e. The lowest BCUT2D eigenvalue weighted by Crippen LogP contribution is -2.47. The fourth-order valence-electron chi connectivity index (χ4n) is 5.44. The summed E-state index contributed by atoms with van der Waals surface area (Å²) in [5.74, 6) is 3.37. The Bertz CT molecular complexity index is 773. The fraction of sp³-hybridized carbons (Fsp3) is 0.808. The van der Waals surface area contributed by atoms with E-state index in [9.17, 15) is 4.79 Å². The van der Waals surface area contributed by atoms with Crippen molar-refractivity contribution in [3.63, 3.8) is 0 Å². The number of rotatable bonds is 8. The van der Waals surface area contributed by atoms with Gasteiger partial charge in [-0.25, -0.2) is 9.97 Å². The van der Waals surface area contributed by atoms with Crippen LogP contribution in [-0.4, -0.2) is 73.3 Å². The number of nitrogens with zero attached hydrogens (tertiary/aromatic N) is 4. The van der Waals surface area contributed by atoms with E-state index in [0.717, 1.165) is 75.8 Å². The van der Waals surface area contributed by atoms with E-state index in [2.05, 4.69) is 42.0 Å². The van der Waals surface area contributed by atoms with Gasteiger partial charge in [-0.05, 0) is 57.4 Å². The van der Waals surface area contributed by atoms with Gasteiger partial charge in [-0.1, -0.05) is 20.8 Å². The van der Waals surface area contributed by atoms with Gasteiger partial charge in [0.25, 0.3) is 0 Å². The summed E-state index contributed by atoms with van der Waals surface area (Å²) in [6, 6.07) is 2.64. The van der Waals surface area contributed by atoms with Crippen molar-refractivity contribution in [3.05, 3.63) is 17.6 Å². The molecule has 0 aromatic carbocycles. The molecule has 3 fully saturated rings. The average Bonchev–Trinajstić information content (AvgIpc) is 2.78. The predicted molar refractivity (Wildman–Crippen MR) is 132 cm³/mol. The van der Waals surface area contributed by atoms with E-state index in [1.807, 2.05) is 7.11 Å². The van der Waals surface area contributed by atoms with Crippen molar-refractivity contribution >= 4 is 12.2 Å². The minimum atomic E-state index is -0.0583. The molecule has 3 aliphatic rings. The monoisotopic (exact) mass is 457 g/mol. The predicted octanol–water partition coefficient (Wildman–Crippen LogP) is 3.48. The molecule has 0 unspecified atom stereocenters. The molecule has 1 aromatic heterocycles. The number of aromatic nitrogens is 2. The van der Waals surface area contributed by atoms with Crippen LogP contribution in [0, 0.1) is 5.92 Å². The quantitative estimate of drug-likeness (QED) is 0.603. The molecule has 0 spiro atoms. The van der Waals surface area contributed by atoms with Crippen molar-refractivity contribution in [3.8, 4) is 0 Å². The highest BCUT2D eigenvalue weighted by Crippen LogP contribution is 2.39. The highest BCUT2D eigenvalue weighted by atomic mass is 16.5. The Kier molecular flexibility index (Phi) is 7.90. The molecule has 1 aliphatic heterocycles. The highest BCUT2D eigenvalue weighted by Gasteiger charge is 2.33. The average molecular weight is 458 g/mol. The number of methoxy groups -OCH3 is 1. The molecule has 33 heavy (non-hydrogen) atoms. The van der Waals surface area contributed by atoms with Crippen molar-refractivity contribution in [2.75, 3.05) is 44.7 Å². The van der Waals surface area contributed by atoms with Gasteiger partial charge in [0.05, 0.1) is 6.10 Å². The van der Waals surface area contributed by atoms with Crippen molar-refractivity contribution < 1.29 is 9.53 Å². The molecule has 2 heterocycles. The number of amides is 1. The van der Waals surface area contributed by atoms with Crippen LogP contribution < -0.4 is 10.2 Å². The summed E-state index contributed by atoms with van der Waals surface area (Å²) >= 11 is 0. The van der Waals surface area contributed by atoms with Gasteiger partial charge in [0.15, 0.2) is 0 Å². The molecular formula is C26H43N5O2. The van der Waals surface area contributed by atoms with Gasteiger partial charge >= 0.3 is 0 Å². The smallest absolute Gasteiger partial charge is 0.207 e. The van der Waals surface area contributed by atoms with E-state index in [4.69, 9.17) is 14.7 Å². The number of anilines is 1. The van der Waals surface area contributed by atoms with Crippen molar-refractivity contribution in [1.29, 1.82) is 0 Å². The minimum Gasteiger partial charge on any atom is -0.381 e. The number of hydrogen-bond donors (Lipinski definition) is 1. The first kappa shape index (κ1) is 24.4. The maximum atomic E-state index is 10.6. The van der Waals surface area contributed by atoms with E-state index in [0.29, 0.717) is 18.1 Å². The highest BCUT2D eigenvalue weighted by molar-refractivity contribution is 5.46. The van der Waals surface area contributed by atoms with E-state index in [-0.39, 0.29) is 5.41 Å². The Hall–Kier alpha value is -1.73. The summed E-state index contributed by atoms with van der Waals surface area (Å²) in [6.07, 6.45) is 9.41. The molecule has 7 nitrogen and oxygen atoms in total. The van der Waals surface area contributed by atoms with Gasteiger partial charge in [-0.2, -0.15) is 0 Å². The Morgan fingerprint density at radius 2 is 1.79 bits per heavy atom. The first-order chi connectivity index (χ1) is 15.9. The number of carbonyl (C=O) groups excluding carboxylic acids is 1. The zero-order valence-electron chi connectivity index (χ0n) is 21.1. The second-order valence-corrected chi connectivity index (χ2v) is 11.4.